The highest BCUT2D eigenvalue weighted by atomic mass is 16.2. The maximum Gasteiger partial charge on any atom is 0.322 e. The van der Waals surface area contributed by atoms with Crippen molar-refractivity contribution < 1.29 is 9.59 Å². The molecule has 0 spiro atoms. The van der Waals surface area contributed by atoms with Crippen LogP contribution < -0.4 is 5.32 Å². The van der Waals surface area contributed by atoms with Crippen molar-refractivity contribution >= 4 is 17.6 Å². The monoisotopic (exact) mass is 412 g/mol. The van der Waals surface area contributed by atoms with E-state index in [2.05, 4.69) is 26.1 Å². The van der Waals surface area contributed by atoms with Gasteiger partial charge in [0.05, 0.1) is 6.54 Å². The van der Waals surface area contributed by atoms with E-state index in [1.165, 1.54) is 0 Å². The van der Waals surface area contributed by atoms with E-state index in [1.54, 1.807) is 4.90 Å². The number of hydrogen-bond donors (Lipinski definition) is 1. The third-order valence-corrected chi connectivity index (χ3v) is 5.17. The second-order valence-corrected chi connectivity index (χ2v) is 8.44. The molecule has 1 N–H and O–H groups in total. The van der Waals surface area contributed by atoms with Gasteiger partial charge in [-0.2, -0.15) is 0 Å². The number of para-hydroxylation sites is 1. The lowest BCUT2D eigenvalue weighted by atomic mass is 10.1. The van der Waals surface area contributed by atoms with E-state index in [-0.39, 0.29) is 24.5 Å². The molecule has 30 heavy (non-hydrogen) atoms. The topological polar surface area (TPSA) is 57.6 Å². The fourth-order valence-electron chi connectivity index (χ4n) is 3.42. The molecule has 0 radical (unpaired) electrons. The van der Waals surface area contributed by atoms with Crippen molar-refractivity contribution in [1.82, 2.24) is 14.4 Å². The molecule has 0 aliphatic rings. The number of aromatic nitrogens is 1. The van der Waals surface area contributed by atoms with Crippen molar-refractivity contribution in [2.75, 3.05) is 18.4 Å². The van der Waals surface area contributed by atoms with E-state index >= 15 is 0 Å². The molecule has 0 unspecified atom stereocenters. The number of urea groups is 1. The zero-order valence-corrected chi connectivity index (χ0v) is 19.2. The molecule has 0 saturated heterocycles. The van der Waals surface area contributed by atoms with Crippen LogP contribution in [0.4, 0.5) is 10.5 Å². The van der Waals surface area contributed by atoms with Crippen molar-refractivity contribution in [2.45, 2.75) is 53.6 Å². The van der Waals surface area contributed by atoms with Gasteiger partial charge < -0.3 is 19.7 Å². The fourth-order valence-corrected chi connectivity index (χ4v) is 3.42. The van der Waals surface area contributed by atoms with Crippen LogP contribution in [0.25, 0.3) is 0 Å². The van der Waals surface area contributed by atoms with Crippen molar-refractivity contribution in [3.8, 4) is 0 Å². The Morgan fingerprint density at radius 3 is 2.33 bits per heavy atom. The predicted molar refractivity (Wildman–Crippen MR) is 122 cm³/mol. The maximum absolute atomic E-state index is 13.2. The molecule has 0 saturated carbocycles. The number of rotatable bonds is 9. The number of nitrogens with one attached hydrogen (secondary N) is 1. The lowest BCUT2D eigenvalue weighted by Gasteiger charge is -2.31. The highest BCUT2D eigenvalue weighted by Crippen LogP contribution is 2.17. The molecule has 0 aliphatic heterocycles. The number of carbonyl (C=O) groups excluding carboxylic acids is 2. The predicted octanol–water partition coefficient (Wildman–Crippen LogP) is 4.51. The molecular formula is C24H36N4O2. The summed E-state index contributed by atoms with van der Waals surface area (Å²) in [6.45, 7) is 11.4. The molecule has 2 rings (SSSR count). The normalized spacial score (nSPS) is 11.1. The zero-order valence-electron chi connectivity index (χ0n) is 19.2. The van der Waals surface area contributed by atoms with Gasteiger partial charge in [-0.05, 0) is 49.9 Å². The molecule has 0 atom stereocenters. The summed E-state index contributed by atoms with van der Waals surface area (Å²) in [6.07, 6.45) is 2.81. The van der Waals surface area contributed by atoms with Gasteiger partial charge >= 0.3 is 6.03 Å². The van der Waals surface area contributed by atoms with E-state index < -0.39 is 0 Å². The first-order chi connectivity index (χ1) is 14.2. The molecule has 0 aliphatic carbocycles. The van der Waals surface area contributed by atoms with E-state index in [0.29, 0.717) is 19.0 Å². The minimum Gasteiger partial charge on any atom is -0.353 e. The molecule has 0 bridgehead atoms. The second kappa shape index (κ2) is 10.9. The summed E-state index contributed by atoms with van der Waals surface area (Å²) in [4.78, 5) is 29.7. The third kappa shape index (κ3) is 6.37. The van der Waals surface area contributed by atoms with Crippen molar-refractivity contribution in [1.29, 1.82) is 0 Å². The highest BCUT2D eigenvalue weighted by molar-refractivity contribution is 5.93. The summed E-state index contributed by atoms with van der Waals surface area (Å²) >= 11 is 0. The van der Waals surface area contributed by atoms with Crippen LogP contribution in [-0.2, 0) is 24.8 Å². The Morgan fingerprint density at radius 2 is 1.77 bits per heavy atom. The van der Waals surface area contributed by atoms with Crippen molar-refractivity contribution in [2.24, 2.45) is 13.0 Å². The lowest BCUT2D eigenvalue weighted by molar-refractivity contribution is -0.133. The molecule has 6 heteroatoms. The minimum absolute atomic E-state index is 0.0440. The van der Waals surface area contributed by atoms with Crippen LogP contribution >= 0.6 is 0 Å². The summed E-state index contributed by atoms with van der Waals surface area (Å²) in [5.41, 5.74) is 2.94. The molecule has 0 fully saturated rings. The van der Waals surface area contributed by atoms with Gasteiger partial charge in [0.15, 0.2) is 0 Å². The lowest BCUT2D eigenvalue weighted by Crippen LogP contribution is -2.48. The number of amides is 3. The Bertz CT molecular complexity index is 841. The molecule has 164 valence electrons. The van der Waals surface area contributed by atoms with E-state index in [1.807, 2.05) is 73.0 Å². The van der Waals surface area contributed by atoms with Crippen LogP contribution in [0.15, 0.2) is 42.6 Å². The van der Waals surface area contributed by atoms with Crippen LogP contribution in [-0.4, -0.2) is 45.4 Å². The Hall–Kier alpha value is -2.76. The summed E-state index contributed by atoms with van der Waals surface area (Å²) in [6, 6.07) is 11.4. The first kappa shape index (κ1) is 23.5. The molecule has 1 aromatic heterocycles. The van der Waals surface area contributed by atoms with Gasteiger partial charge in [-0.15, -0.1) is 0 Å². The third-order valence-electron chi connectivity index (χ3n) is 5.17. The van der Waals surface area contributed by atoms with Gasteiger partial charge in [-0.25, -0.2) is 4.79 Å². The molecule has 1 aromatic carbocycles. The van der Waals surface area contributed by atoms with Crippen LogP contribution in [0.2, 0.25) is 0 Å². The van der Waals surface area contributed by atoms with Crippen molar-refractivity contribution in [3.05, 3.63) is 53.9 Å². The number of hydrogen-bond acceptors (Lipinski definition) is 2. The van der Waals surface area contributed by atoms with Gasteiger partial charge in [-0.1, -0.05) is 39.0 Å². The van der Waals surface area contributed by atoms with Crippen LogP contribution in [0, 0.1) is 5.92 Å². The molecule has 2 aromatic rings. The number of nitrogens with zero attached hydrogens (tertiary/aromatic N) is 3. The summed E-state index contributed by atoms with van der Waals surface area (Å²) in [7, 11) is 1.98. The van der Waals surface area contributed by atoms with Gasteiger partial charge in [0.2, 0.25) is 5.91 Å². The summed E-state index contributed by atoms with van der Waals surface area (Å²) in [5, 5.41) is 2.99. The van der Waals surface area contributed by atoms with Gasteiger partial charge in [0.25, 0.3) is 0 Å². The zero-order chi connectivity index (χ0) is 22.3. The Labute approximate surface area is 180 Å². The standard InChI is InChI=1S/C24H36N4O2/c1-7-20-11-8-9-13-22(20)25-24(30)28(19(4)5)17-23(29)27(15-18(2)3)16-21-12-10-14-26(21)6/h8-14,18-19H,7,15-17H2,1-6H3,(H,25,30). The Balaban J connectivity index is 2.14. The van der Waals surface area contributed by atoms with Crippen molar-refractivity contribution in [3.63, 3.8) is 0 Å². The van der Waals surface area contributed by atoms with Gasteiger partial charge in [-0.3, -0.25) is 4.79 Å². The SMILES string of the molecule is CCc1ccccc1NC(=O)N(CC(=O)N(Cc1cccn1C)CC(C)C)C(C)C. The largest absolute Gasteiger partial charge is 0.353 e. The van der Waals surface area contributed by atoms with Crippen LogP contribution in [0.5, 0.6) is 0 Å². The van der Waals surface area contributed by atoms with Crippen LogP contribution in [0.1, 0.15) is 45.9 Å². The smallest absolute Gasteiger partial charge is 0.322 e. The number of benzene rings is 1. The van der Waals surface area contributed by atoms with E-state index in [0.717, 1.165) is 23.4 Å². The summed E-state index contributed by atoms with van der Waals surface area (Å²) < 4.78 is 2.02. The first-order valence-corrected chi connectivity index (χ1v) is 10.8. The summed E-state index contributed by atoms with van der Waals surface area (Å²) in [5.74, 6) is 0.296. The minimum atomic E-state index is -0.248. The number of aryl methyl sites for hydroxylation is 2. The second-order valence-electron chi connectivity index (χ2n) is 8.44. The molecule has 3 amide bonds. The average Bonchev–Trinajstić information content (AvgIpc) is 3.09. The van der Waals surface area contributed by atoms with Crippen LogP contribution in [0.3, 0.4) is 0 Å². The number of carbonyl (C=O) groups is 2. The average molecular weight is 413 g/mol. The maximum atomic E-state index is 13.2. The van der Waals surface area contributed by atoms with Gasteiger partial charge in [0, 0.05) is 37.2 Å². The van der Waals surface area contributed by atoms with E-state index in [4.69, 9.17) is 0 Å². The fraction of sp³-hybridized carbons (Fsp3) is 0.500. The highest BCUT2D eigenvalue weighted by Gasteiger charge is 2.25. The van der Waals surface area contributed by atoms with E-state index in [9.17, 15) is 9.59 Å². The Morgan fingerprint density at radius 1 is 1.07 bits per heavy atom. The first-order valence-electron chi connectivity index (χ1n) is 10.8. The molecular weight excluding hydrogens is 376 g/mol. The van der Waals surface area contributed by atoms with Gasteiger partial charge in [0.1, 0.15) is 6.54 Å². The number of anilines is 1. The quantitative estimate of drug-likeness (QED) is 0.659. The molecule has 6 nitrogen and oxygen atoms in total. The molecule has 1 heterocycles. The Kier molecular flexibility index (Phi) is 8.51.